The molecule has 1 fully saturated rings. The molecule has 94 valence electrons. The minimum atomic E-state index is -1.12. The van der Waals surface area contributed by atoms with Gasteiger partial charge in [0.1, 0.15) is 5.60 Å². The predicted octanol–water partition coefficient (Wildman–Crippen LogP) is 1.02. The van der Waals surface area contributed by atoms with Gasteiger partial charge in [0.15, 0.2) is 0 Å². The first-order valence-corrected chi connectivity index (χ1v) is 6.55. The molecule has 5 heteroatoms. The summed E-state index contributed by atoms with van der Waals surface area (Å²) in [5.74, 6) is -0.0466. The standard InChI is InChI=1S/C12H17NO3S/c1-9-3-4-10(17-9)11(15)13-6-2-5-12(16,7-13)8-14/h3-4,14,16H,2,5-8H2,1H3/t12-/m0/s1. The van der Waals surface area contributed by atoms with Crippen LogP contribution in [0.25, 0.3) is 0 Å². The number of aliphatic hydroxyl groups is 2. The average molecular weight is 255 g/mol. The number of nitrogens with zero attached hydrogens (tertiary/aromatic N) is 1. The zero-order valence-corrected chi connectivity index (χ0v) is 10.7. The van der Waals surface area contributed by atoms with Crippen LogP contribution in [-0.2, 0) is 0 Å². The first kappa shape index (κ1) is 12.5. The Labute approximate surface area is 104 Å². The number of aryl methyl sites for hydroxylation is 1. The van der Waals surface area contributed by atoms with Crippen LogP contribution in [0.2, 0.25) is 0 Å². The van der Waals surface area contributed by atoms with Crippen molar-refractivity contribution in [1.82, 2.24) is 4.90 Å². The van der Waals surface area contributed by atoms with Crippen LogP contribution >= 0.6 is 11.3 Å². The van der Waals surface area contributed by atoms with E-state index in [4.69, 9.17) is 5.11 Å². The molecule has 1 saturated heterocycles. The second-order valence-corrected chi connectivity index (χ2v) is 5.91. The number of rotatable bonds is 2. The number of β-amino-alcohol motifs (C(OH)–C–C–N with tert-alkyl or cyclic N) is 1. The summed E-state index contributed by atoms with van der Waals surface area (Å²) >= 11 is 1.46. The number of piperidine rings is 1. The maximum atomic E-state index is 12.2. The van der Waals surface area contributed by atoms with E-state index in [1.165, 1.54) is 11.3 Å². The van der Waals surface area contributed by atoms with Crippen molar-refractivity contribution in [2.24, 2.45) is 0 Å². The molecule has 2 N–H and O–H groups in total. The van der Waals surface area contributed by atoms with Crippen LogP contribution in [0.5, 0.6) is 0 Å². The number of likely N-dealkylation sites (tertiary alicyclic amines) is 1. The lowest BCUT2D eigenvalue weighted by molar-refractivity contribution is -0.0597. The summed E-state index contributed by atoms with van der Waals surface area (Å²) in [5, 5.41) is 19.2. The monoisotopic (exact) mass is 255 g/mol. The van der Waals surface area contributed by atoms with E-state index in [2.05, 4.69) is 0 Å². The number of hydrogen-bond donors (Lipinski definition) is 2. The maximum absolute atomic E-state index is 12.2. The van der Waals surface area contributed by atoms with Gasteiger partial charge in [0.2, 0.25) is 0 Å². The number of amides is 1. The highest BCUT2D eigenvalue weighted by Crippen LogP contribution is 2.24. The zero-order chi connectivity index (χ0) is 12.5. The third-order valence-electron chi connectivity index (χ3n) is 3.09. The van der Waals surface area contributed by atoms with E-state index in [1.54, 1.807) is 4.90 Å². The molecule has 2 heterocycles. The number of hydrogen-bond acceptors (Lipinski definition) is 4. The summed E-state index contributed by atoms with van der Waals surface area (Å²) in [6.07, 6.45) is 1.28. The van der Waals surface area contributed by atoms with Gasteiger partial charge in [-0.15, -0.1) is 11.3 Å². The van der Waals surface area contributed by atoms with Crippen LogP contribution in [0.4, 0.5) is 0 Å². The van der Waals surface area contributed by atoms with E-state index in [1.807, 2.05) is 19.1 Å². The number of aliphatic hydroxyl groups excluding tert-OH is 1. The number of carbonyl (C=O) groups is 1. The maximum Gasteiger partial charge on any atom is 0.264 e. The fourth-order valence-corrected chi connectivity index (χ4v) is 2.96. The molecule has 0 radical (unpaired) electrons. The largest absolute Gasteiger partial charge is 0.393 e. The first-order valence-electron chi connectivity index (χ1n) is 5.73. The molecule has 1 aliphatic heterocycles. The molecule has 0 bridgehead atoms. The lowest BCUT2D eigenvalue weighted by Gasteiger charge is -2.37. The third-order valence-corrected chi connectivity index (χ3v) is 4.08. The van der Waals surface area contributed by atoms with Gasteiger partial charge in [-0.2, -0.15) is 0 Å². The fraction of sp³-hybridized carbons (Fsp3) is 0.583. The Hall–Kier alpha value is -0.910. The van der Waals surface area contributed by atoms with Gasteiger partial charge in [-0.25, -0.2) is 0 Å². The highest BCUT2D eigenvalue weighted by Gasteiger charge is 2.35. The molecule has 0 aliphatic carbocycles. The molecule has 0 aromatic carbocycles. The van der Waals surface area contributed by atoms with E-state index < -0.39 is 5.60 Å². The SMILES string of the molecule is Cc1ccc(C(=O)N2CCC[C@@](O)(CO)C2)s1. The van der Waals surface area contributed by atoms with Gasteiger partial charge >= 0.3 is 0 Å². The van der Waals surface area contributed by atoms with E-state index in [9.17, 15) is 9.90 Å². The van der Waals surface area contributed by atoms with Gasteiger partial charge in [0, 0.05) is 11.4 Å². The molecule has 1 atom stereocenters. The number of thiophene rings is 1. The van der Waals surface area contributed by atoms with Crippen molar-refractivity contribution in [2.45, 2.75) is 25.4 Å². The average Bonchev–Trinajstić information content (AvgIpc) is 2.75. The topological polar surface area (TPSA) is 60.8 Å². The van der Waals surface area contributed by atoms with Crippen molar-refractivity contribution < 1.29 is 15.0 Å². The summed E-state index contributed by atoms with van der Waals surface area (Å²) in [5.41, 5.74) is -1.12. The van der Waals surface area contributed by atoms with Crippen LogP contribution in [0.3, 0.4) is 0 Å². The molecule has 2 rings (SSSR count). The highest BCUT2D eigenvalue weighted by molar-refractivity contribution is 7.13. The highest BCUT2D eigenvalue weighted by atomic mass is 32.1. The van der Waals surface area contributed by atoms with Crippen molar-refractivity contribution >= 4 is 17.2 Å². The molecule has 1 aromatic heterocycles. The molecular weight excluding hydrogens is 238 g/mol. The van der Waals surface area contributed by atoms with Gasteiger partial charge in [-0.3, -0.25) is 4.79 Å². The minimum Gasteiger partial charge on any atom is -0.393 e. The molecule has 0 unspecified atom stereocenters. The second-order valence-electron chi connectivity index (χ2n) is 4.62. The van der Waals surface area contributed by atoms with Crippen molar-refractivity contribution in [1.29, 1.82) is 0 Å². The van der Waals surface area contributed by atoms with E-state index >= 15 is 0 Å². The van der Waals surface area contributed by atoms with Gasteiger partial charge in [-0.1, -0.05) is 0 Å². The Balaban J connectivity index is 2.10. The molecular formula is C12H17NO3S. The number of carbonyl (C=O) groups excluding carboxylic acids is 1. The molecule has 0 spiro atoms. The summed E-state index contributed by atoms with van der Waals surface area (Å²) in [6, 6.07) is 3.73. The van der Waals surface area contributed by atoms with E-state index in [0.29, 0.717) is 17.8 Å². The second kappa shape index (κ2) is 4.76. The van der Waals surface area contributed by atoms with Gasteiger partial charge in [0.05, 0.1) is 18.0 Å². The third kappa shape index (κ3) is 2.68. The molecule has 1 aliphatic rings. The molecule has 17 heavy (non-hydrogen) atoms. The lowest BCUT2D eigenvalue weighted by Crippen LogP contribution is -2.52. The van der Waals surface area contributed by atoms with Gasteiger partial charge < -0.3 is 15.1 Å². The van der Waals surface area contributed by atoms with Crippen molar-refractivity contribution in [2.75, 3.05) is 19.7 Å². The predicted molar refractivity (Wildman–Crippen MR) is 66.2 cm³/mol. The quantitative estimate of drug-likeness (QED) is 0.829. The fourth-order valence-electron chi connectivity index (χ4n) is 2.12. The Kier molecular flexibility index (Phi) is 3.51. The molecule has 0 saturated carbocycles. The van der Waals surface area contributed by atoms with Crippen LogP contribution in [-0.4, -0.2) is 46.3 Å². The molecule has 1 amide bonds. The Morgan fingerprint density at radius 2 is 2.35 bits per heavy atom. The lowest BCUT2D eigenvalue weighted by atomic mass is 9.94. The van der Waals surface area contributed by atoms with Crippen LogP contribution < -0.4 is 0 Å². The van der Waals surface area contributed by atoms with Crippen molar-refractivity contribution in [3.8, 4) is 0 Å². The molecule has 4 nitrogen and oxygen atoms in total. The summed E-state index contributed by atoms with van der Waals surface area (Å²) in [4.78, 5) is 15.6. The summed E-state index contributed by atoms with van der Waals surface area (Å²) in [7, 11) is 0. The normalized spacial score (nSPS) is 25.0. The Bertz CT molecular complexity index is 418. The minimum absolute atomic E-state index is 0.0466. The van der Waals surface area contributed by atoms with Crippen LogP contribution in [0.15, 0.2) is 12.1 Å². The van der Waals surface area contributed by atoms with Crippen LogP contribution in [0.1, 0.15) is 27.4 Å². The summed E-state index contributed by atoms with van der Waals surface area (Å²) < 4.78 is 0. The van der Waals surface area contributed by atoms with E-state index in [0.717, 1.165) is 11.3 Å². The zero-order valence-electron chi connectivity index (χ0n) is 9.85. The van der Waals surface area contributed by atoms with Gasteiger partial charge in [-0.05, 0) is 31.9 Å². The smallest absolute Gasteiger partial charge is 0.264 e. The van der Waals surface area contributed by atoms with Crippen molar-refractivity contribution in [3.05, 3.63) is 21.9 Å². The van der Waals surface area contributed by atoms with Crippen LogP contribution in [0, 0.1) is 6.92 Å². The molecule has 1 aromatic rings. The van der Waals surface area contributed by atoms with E-state index in [-0.39, 0.29) is 19.1 Å². The Morgan fingerprint density at radius 1 is 1.59 bits per heavy atom. The van der Waals surface area contributed by atoms with Crippen molar-refractivity contribution in [3.63, 3.8) is 0 Å². The Morgan fingerprint density at radius 3 is 2.94 bits per heavy atom. The first-order chi connectivity index (χ1) is 8.04. The summed E-state index contributed by atoms with van der Waals surface area (Å²) in [6.45, 7) is 2.54. The van der Waals surface area contributed by atoms with Gasteiger partial charge in [0.25, 0.3) is 5.91 Å².